The van der Waals surface area contributed by atoms with Crippen molar-refractivity contribution in [2.75, 3.05) is 13.1 Å². The number of aliphatic imine (C=N–C) groups is 2. The maximum atomic E-state index is 4.17. The number of hydrogen-bond acceptors (Lipinski definition) is 4. The van der Waals surface area contributed by atoms with Crippen molar-refractivity contribution in [1.29, 1.82) is 0 Å². The molecule has 0 atom stereocenters. The van der Waals surface area contributed by atoms with E-state index in [4.69, 9.17) is 0 Å². The van der Waals surface area contributed by atoms with Crippen molar-refractivity contribution in [2.45, 2.75) is 0 Å². The molecule has 0 spiro atoms. The average molecular weight is 216 g/mol. The second kappa shape index (κ2) is 5.59. The third kappa shape index (κ3) is 3.16. The Bertz CT molecular complexity index is 395. The molecule has 0 amide bonds. The summed E-state index contributed by atoms with van der Waals surface area (Å²) >= 11 is 0. The van der Waals surface area contributed by atoms with Gasteiger partial charge in [-0.3, -0.25) is 9.98 Å². The quantitative estimate of drug-likeness (QED) is 0.569. The van der Waals surface area contributed by atoms with Crippen molar-refractivity contribution in [3.05, 3.63) is 36.4 Å². The SMILES string of the molecule is C(=NCCN=Cc1ncc[nH]1)c1ncc[nH]1. The Labute approximate surface area is 92.6 Å². The van der Waals surface area contributed by atoms with Gasteiger partial charge >= 0.3 is 0 Å². The van der Waals surface area contributed by atoms with Crippen molar-refractivity contribution in [2.24, 2.45) is 9.98 Å². The van der Waals surface area contributed by atoms with Crippen LogP contribution in [0.25, 0.3) is 0 Å². The van der Waals surface area contributed by atoms with Gasteiger partial charge in [-0.2, -0.15) is 0 Å². The first kappa shape index (κ1) is 10.3. The first-order chi connectivity index (χ1) is 7.95. The van der Waals surface area contributed by atoms with Crippen molar-refractivity contribution in [3.63, 3.8) is 0 Å². The van der Waals surface area contributed by atoms with E-state index < -0.39 is 0 Å². The standard InChI is InChI=1S/C10H12N6/c1(11-7-9-13-3-4-14-9)2-12-8-10-15-5-6-16-10/h3-8H,1-2H2,(H,13,14)(H,15,16). The number of aromatic amines is 2. The number of nitrogens with one attached hydrogen (secondary N) is 2. The summed E-state index contributed by atoms with van der Waals surface area (Å²) in [6.45, 7) is 1.27. The second-order valence-electron chi connectivity index (χ2n) is 3.02. The largest absolute Gasteiger partial charge is 0.344 e. The van der Waals surface area contributed by atoms with E-state index in [0.29, 0.717) is 13.1 Å². The summed E-state index contributed by atoms with van der Waals surface area (Å²) in [5, 5.41) is 0. The van der Waals surface area contributed by atoms with E-state index in [1.54, 1.807) is 37.2 Å². The molecule has 0 bridgehead atoms. The molecule has 0 saturated carbocycles. The molecule has 2 aromatic heterocycles. The summed E-state index contributed by atoms with van der Waals surface area (Å²) in [5.74, 6) is 1.52. The van der Waals surface area contributed by atoms with Crippen LogP contribution in [0.1, 0.15) is 11.6 Å². The summed E-state index contributed by atoms with van der Waals surface area (Å²) in [5.41, 5.74) is 0. The van der Waals surface area contributed by atoms with E-state index in [-0.39, 0.29) is 0 Å². The van der Waals surface area contributed by atoms with E-state index in [0.717, 1.165) is 11.6 Å². The monoisotopic (exact) mass is 216 g/mol. The maximum Gasteiger partial charge on any atom is 0.147 e. The first-order valence-corrected chi connectivity index (χ1v) is 4.93. The fraction of sp³-hybridized carbons (Fsp3) is 0.200. The van der Waals surface area contributed by atoms with Gasteiger partial charge in [0, 0.05) is 24.8 Å². The van der Waals surface area contributed by atoms with Gasteiger partial charge in [0.15, 0.2) is 0 Å². The van der Waals surface area contributed by atoms with Crippen LogP contribution in [0.5, 0.6) is 0 Å². The van der Waals surface area contributed by atoms with Crippen LogP contribution in [0.4, 0.5) is 0 Å². The first-order valence-electron chi connectivity index (χ1n) is 4.93. The van der Waals surface area contributed by atoms with Crippen LogP contribution < -0.4 is 0 Å². The lowest BCUT2D eigenvalue weighted by molar-refractivity contribution is 0.980. The predicted molar refractivity (Wildman–Crippen MR) is 62.1 cm³/mol. The van der Waals surface area contributed by atoms with Gasteiger partial charge in [0.2, 0.25) is 0 Å². The van der Waals surface area contributed by atoms with Crippen LogP contribution >= 0.6 is 0 Å². The Kier molecular flexibility index (Phi) is 3.60. The predicted octanol–water partition coefficient (Wildman–Crippen LogP) is 0.671. The minimum Gasteiger partial charge on any atom is -0.344 e. The van der Waals surface area contributed by atoms with Crippen LogP contribution in [0.2, 0.25) is 0 Å². The Morgan fingerprint density at radius 1 is 0.938 bits per heavy atom. The van der Waals surface area contributed by atoms with Gasteiger partial charge in [0.25, 0.3) is 0 Å². The Morgan fingerprint density at radius 3 is 1.81 bits per heavy atom. The molecular weight excluding hydrogens is 204 g/mol. The van der Waals surface area contributed by atoms with Crippen LogP contribution in [0.3, 0.4) is 0 Å². The van der Waals surface area contributed by atoms with Gasteiger partial charge in [-0.25, -0.2) is 9.97 Å². The maximum absolute atomic E-state index is 4.17. The zero-order valence-electron chi connectivity index (χ0n) is 8.67. The minimum absolute atomic E-state index is 0.637. The highest BCUT2D eigenvalue weighted by molar-refractivity contribution is 5.75. The molecule has 0 saturated heterocycles. The lowest BCUT2D eigenvalue weighted by Crippen LogP contribution is -1.92. The number of H-pyrrole nitrogens is 2. The number of aromatic nitrogens is 4. The van der Waals surface area contributed by atoms with Gasteiger partial charge in [-0.15, -0.1) is 0 Å². The van der Waals surface area contributed by atoms with E-state index in [9.17, 15) is 0 Å². The molecular formula is C10H12N6. The average Bonchev–Trinajstić information content (AvgIpc) is 2.96. The number of nitrogens with zero attached hydrogens (tertiary/aromatic N) is 4. The normalized spacial score (nSPS) is 11.8. The highest BCUT2D eigenvalue weighted by Crippen LogP contribution is 1.84. The van der Waals surface area contributed by atoms with Gasteiger partial charge < -0.3 is 9.97 Å². The molecule has 0 fully saturated rings. The van der Waals surface area contributed by atoms with Gasteiger partial charge in [0.05, 0.1) is 25.5 Å². The Balaban J connectivity index is 1.69. The molecule has 82 valence electrons. The van der Waals surface area contributed by atoms with E-state index in [2.05, 4.69) is 29.9 Å². The van der Waals surface area contributed by atoms with Crippen molar-refractivity contribution in [1.82, 2.24) is 19.9 Å². The molecule has 0 aliphatic rings. The highest BCUT2D eigenvalue weighted by atomic mass is 14.9. The summed E-state index contributed by atoms with van der Waals surface area (Å²) in [7, 11) is 0. The smallest absolute Gasteiger partial charge is 0.147 e. The van der Waals surface area contributed by atoms with Gasteiger partial charge in [-0.05, 0) is 0 Å². The summed E-state index contributed by atoms with van der Waals surface area (Å²) in [6, 6.07) is 0. The second-order valence-corrected chi connectivity index (χ2v) is 3.02. The number of imidazole rings is 2. The molecule has 16 heavy (non-hydrogen) atoms. The third-order valence-corrected chi connectivity index (χ3v) is 1.82. The van der Waals surface area contributed by atoms with E-state index >= 15 is 0 Å². The molecule has 0 aliphatic carbocycles. The van der Waals surface area contributed by atoms with Crippen LogP contribution in [0, 0.1) is 0 Å². The van der Waals surface area contributed by atoms with E-state index in [1.807, 2.05) is 0 Å². The minimum atomic E-state index is 0.637. The molecule has 0 unspecified atom stereocenters. The van der Waals surface area contributed by atoms with Crippen LogP contribution in [-0.4, -0.2) is 45.5 Å². The van der Waals surface area contributed by atoms with Crippen molar-refractivity contribution < 1.29 is 0 Å². The summed E-state index contributed by atoms with van der Waals surface area (Å²) in [4.78, 5) is 22.2. The molecule has 0 aromatic carbocycles. The third-order valence-electron chi connectivity index (χ3n) is 1.82. The topological polar surface area (TPSA) is 82.1 Å². The van der Waals surface area contributed by atoms with Gasteiger partial charge in [0.1, 0.15) is 11.6 Å². The molecule has 2 N–H and O–H groups in total. The fourth-order valence-corrected chi connectivity index (χ4v) is 1.11. The Morgan fingerprint density at radius 2 is 1.44 bits per heavy atom. The lowest BCUT2D eigenvalue weighted by atomic mass is 10.6. The summed E-state index contributed by atoms with van der Waals surface area (Å²) in [6.07, 6.45) is 10.3. The molecule has 2 aromatic rings. The zero-order chi connectivity index (χ0) is 11.1. The molecule has 6 nitrogen and oxygen atoms in total. The van der Waals surface area contributed by atoms with Gasteiger partial charge in [-0.1, -0.05) is 0 Å². The van der Waals surface area contributed by atoms with E-state index in [1.165, 1.54) is 0 Å². The van der Waals surface area contributed by atoms with Crippen LogP contribution in [-0.2, 0) is 0 Å². The lowest BCUT2D eigenvalue weighted by Gasteiger charge is -1.87. The fourth-order valence-electron chi connectivity index (χ4n) is 1.11. The Hall–Kier alpha value is -2.24. The molecule has 0 aliphatic heterocycles. The molecule has 6 heteroatoms. The number of rotatable bonds is 5. The zero-order valence-corrected chi connectivity index (χ0v) is 8.67. The molecule has 0 radical (unpaired) electrons. The number of hydrogen-bond donors (Lipinski definition) is 2. The van der Waals surface area contributed by atoms with Crippen LogP contribution in [0.15, 0.2) is 34.8 Å². The van der Waals surface area contributed by atoms with Crippen molar-refractivity contribution >= 4 is 12.4 Å². The molecule has 2 heterocycles. The molecule has 2 rings (SSSR count). The highest BCUT2D eigenvalue weighted by Gasteiger charge is 1.87. The van der Waals surface area contributed by atoms with Crippen molar-refractivity contribution in [3.8, 4) is 0 Å². The summed E-state index contributed by atoms with van der Waals surface area (Å²) < 4.78 is 0.